The van der Waals surface area contributed by atoms with Crippen molar-refractivity contribution in [2.45, 2.75) is 20.3 Å². The first-order valence-electron chi connectivity index (χ1n) is 5.61. The van der Waals surface area contributed by atoms with E-state index in [-0.39, 0.29) is 11.5 Å². The zero-order valence-electron chi connectivity index (χ0n) is 10.3. The molecule has 0 atom stereocenters. The second kappa shape index (κ2) is 6.54. The molecule has 5 nitrogen and oxygen atoms in total. The summed E-state index contributed by atoms with van der Waals surface area (Å²) in [5.41, 5.74) is 0. The smallest absolute Gasteiger partial charge is 0.378 e. The molecule has 0 fully saturated rings. The van der Waals surface area contributed by atoms with Crippen LogP contribution in [0, 0.1) is 0 Å². The molecule has 0 aromatic heterocycles. The number of carbonyl (C=O) groups excluding carboxylic acids is 1. The van der Waals surface area contributed by atoms with E-state index in [4.69, 9.17) is 14.6 Å². The summed E-state index contributed by atoms with van der Waals surface area (Å²) in [7, 11) is 0. The van der Waals surface area contributed by atoms with E-state index in [1.54, 1.807) is 0 Å². The van der Waals surface area contributed by atoms with Crippen molar-refractivity contribution in [3.63, 3.8) is 0 Å². The molecule has 0 heterocycles. The molecule has 0 saturated carbocycles. The lowest BCUT2D eigenvalue weighted by molar-refractivity contribution is -0.133. The number of aliphatic hydroxyl groups excluding tert-OH is 1. The van der Waals surface area contributed by atoms with Crippen molar-refractivity contribution in [3.05, 3.63) is 30.0 Å². The number of aliphatic hydroxyl groups is 1. The molecule has 0 saturated heterocycles. The summed E-state index contributed by atoms with van der Waals surface area (Å²) in [4.78, 5) is 11.3. The molecule has 0 unspecified atom stereocenters. The molecule has 18 heavy (non-hydrogen) atoms. The molecule has 0 aliphatic carbocycles. The average Bonchev–Trinajstić information content (AvgIpc) is 2.36. The predicted molar refractivity (Wildman–Crippen MR) is 65.9 cm³/mol. The second-order valence-corrected chi connectivity index (χ2v) is 3.54. The lowest BCUT2D eigenvalue weighted by atomic mass is 10.3. The lowest BCUT2D eigenvalue weighted by Crippen LogP contribution is -2.10. The van der Waals surface area contributed by atoms with E-state index >= 15 is 0 Å². The van der Waals surface area contributed by atoms with Gasteiger partial charge >= 0.3 is 5.97 Å². The maximum Gasteiger partial charge on any atom is 0.378 e. The van der Waals surface area contributed by atoms with E-state index in [1.807, 2.05) is 6.92 Å². The van der Waals surface area contributed by atoms with Gasteiger partial charge in [0, 0.05) is 6.07 Å². The fourth-order valence-corrected chi connectivity index (χ4v) is 1.17. The summed E-state index contributed by atoms with van der Waals surface area (Å²) in [6, 6.07) is 4.23. The van der Waals surface area contributed by atoms with Crippen molar-refractivity contribution in [2.24, 2.45) is 0 Å². The SMILES string of the molecule is CC=C(O)C(=O)Oc1ccc(OCCC)c(O)c1. The minimum absolute atomic E-state index is 0.117. The number of carbonyl (C=O) groups is 1. The number of esters is 1. The van der Waals surface area contributed by atoms with Crippen LogP contribution in [0.5, 0.6) is 17.2 Å². The van der Waals surface area contributed by atoms with Crippen molar-refractivity contribution >= 4 is 5.97 Å². The summed E-state index contributed by atoms with van der Waals surface area (Å²) in [5.74, 6) is -1.02. The Labute approximate surface area is 105 Å². The van der Waals surface area contributed by atoms with Crippen LogP contribution in [0.15, 0.2) is 30.0 Å². The van der Waals surface area contributed by atoms with Gasteiger partial charge in [-0.15, -0.1) is 0 Å². The van der Waals surface area contributed by atoms with Gasteiger partial charge in [0.2, 0.25) is 0 Å². The molecular formula is C13H16O5. The Bertz CT molecular complexity index is 451. The van der Waals surface area contributed by atoms with Crippen LogP contribution < -0.4 is 9.47 Å². The highest BCUT2D eigenvalue weighted by molar-refractivity contribution is 5.87. The molecule has 0 spiro atoms. The number of rotatable bonds is 5. The molecule has 1 aromatic rings. The van der Waals surface area contributed by atoms with Gasteiger partial charge in [-0.05, 0) is 31.6 Å². The highest BCUT2D eigenvalue weighted by atomic mass is 16.5. The predicted octanol–water partition coefficient (Wildman–Crippen LogP) is 2.55. The van der Waals surface area contributed by atoms with Gasteiger partial charge in [-0.1, -0.05) is 6.92 Å². The number of ether oxygens (including phenoxy) is 2. The van der Waals surface area contributed by atoms with Crippen LogP contribution in [-0.4, -0.2) is 22.8 Å². The fraction of sp³-hybridized carbons (Fsp3) is 0.308. The first-order valence-corrected chi connectivity index (χ1v) is 5.61. The zero-order chi connectivity index (χ0) is 13.5. The molecule has 0 bridgehead atoms. The summed E-state index contributed by atoms with van der Waals surface area (Å²) in [6.45, 7) is 3.95. The third-order valence-electron chi connectivity index (χ3n) is 2.09. The van der Waals surface area contributed by atoms with Gasteiger partial charge in [-0.3, -0.25) is 0 Å². The van der Waals surface area contributed by atoms with Gasteiger partial charge in [0.25, 0.3) is 0 Å². The third kappa shape index (κ3) is 3.69. The number of phenols is 1. The number of phenolic OH excluding ortho intramolecular Hbond substituents is 1. The van der Waals surface area contributed by atoms with E-state index in [2.05, 4.69) is 0 Å². The average molecular weight is 252 g/mol. The van der Waals surface area contributed by atoms with Crippen molar-refractivity contribution < 1.29 is 24.5 Å². The van der Waals surface area contributed by atoms with Gasteiger partial charge in [-0.2, -0.15) is 0 Å². The molecule has 2 N–H and O–H groups in total. The molecule has 1 aromatic carbocycles. The Hall–Kier alpha value is -2.17. The monoisotopic (exact) mass is 252 g/mol. The van der Waals surface area contributed by atoms with E-state index in [0.29, 0.717) is 12.4 Å². The minimum atomic E-state index is -0.876. The Morgan fingerprint density at radius 2 is 2.17 bits per heavy atom. The number of benzene rings is 1. The second-order valence-electron chi connectivity index (χ2n) is 3.54. The Balaban J connectivity index is 2.75. The van der Waals surface area contributed by atoms with Crippen LogP contribution in [0.4, 0.5) is 0 Å². The normalized spacial score (nSPS) is 11.1. The summed E-state index contributed by atoms with van der Waals surface area (Å²) < 4.78 is 10.1. The number of allylic oxidation sites excluding steroid dienone is 1. The van der Waals surface area contributed by atoms with E-state index in [9.17, 15) is 9.90 Å². The maximum absolute atomic E-state index is 11.3. The number of aromatic hydroxyl groups is 1. The summed E-state index contributed by atoms with van der Waals surface area (Å²) in [5, 5.41) is 18.8. The largest absolute Gasteiger partial charge is 0.504 e. The standard InChI is InChI=1S/C13H16O5/c1-3-7-17-12-6-5-9(8-11(12)15)18-13(16)10(14)4-2/h4-6,8,14-15H,3,7H2,1-2H3. The topological polar surface area (TPSA) is 76.0 Å². The molecule has 0 radical (unpaired) electrons. The van der Waals surface area contributed by atoms with E-state index in [0.717, 1.165) is 6.42 Å². The van der Waals surface area contributed by atoms with Gasteiger partial charge in [0.15, 0.2) is 17.3 Å². The molecule has 5 heteroatoms. The van der Waals surface area contributed by atoms with Crippen LogP contribution >= 0.6 is 0 Å². The Kier molecular flexibility index (Phi) is 5.05. The molecule has 0 aliphatic rings. The van der Waals surface area contributed by atoms with Crippen LogP contribution in [0.3, 0.4) is 0 Å². The quantitative estimate of drug-likeness (QED) is 0.364. The Morgan fingerprint density at radius 1 is 1.44 bits per heavy atom. The first kappa shape index (κ1) is 13.9. The van der Waals surface area contributed by atoms with Gasteiger partial charge in [-0.25, -0.2) is 4.79 Å². The molecule has 1 rings (SSSR count). The van der Waals surface area contributed by atoms with E-state index in [1.165, 1.54) is 31.2 Å². The van der Waals surface area contributed by atoms with Crippen LogP contribution in [0.2, 0.25) is 0 Å². The summed E-state index contributed by atoms with van der Waals surface area (Å²) >= 11 is 0. The number of hydrogen-bond donors (Lipinski definition) is 2. The van der Waals surface area contributed by atoms with Crippen molar-refractivity contribution in [3.8, 4) is 17.2 Å². The first-order chi connectivity index (χ1) is 8.58. The highest BCUT2D eigenvalue weighted by Crippen LogP contribution is 2.30. The van der Waals surface area contributed by atoms with Gasteiger partial charge < -0.3 is 19.7 Å². The zero-order valence-corrected chi connectivity index (χ0v) is 10.3. The van der Waals surface area contributed by atoms with Crippen LogP contribution in [0.25, 0.3) is 0 Å². The summed E-state index contributed by atoms with van der Waals surface area (Å²) in [6.07, 6.45) is 2.05. The highest BCUT2D eigenvalue weighted by Gasteiger charge is 2.11. The molecule has 0 amide bonds. The van der Waals surface area contributed by atoms with E-state index < -0.39 is 11.7 Å². The third-order valence-corrected chi connectivity index (χ3v) is 2.09. The molecule has 0 aliphatic heterocycles. The molecule has 98 valence electrons. The lowest BCUT2D eigenvalue weighted by Gasteiger charge is -2.08. The maximum atomic E-state index is 11.3. The minimum Gasteiger partial charge on any atom is -0.504 e. The van der Waals surface area contributed by atoms with Crippen molar-refractivity contribution in [1.82, 2.24) is 0 Å². The fourth-order valence-electron chi connectivity index (χ4n) is 1.17. The van der Waals surface area contributed by atoms with Gasteiger partial charge in [0.1, 0.15) is 5.75 Å². The van der Waals surface area contributed by atoms with Crippen molar-refractivity contribution in [2.75, 3.05) is 6.61 Å². The Morgan fingerprint density at radius 3 is 2.72 bits per heavy atom. The van der Waals surface area contributed by atoms with Crippen molar-refractivity contribution in [1.29, 1.82) is 0 Å². The van der Waals surface area contributed by atoms with Gasteiger partial charge in [0.05, 0.1) is 6.61 Å². The van der Waals surface area contributed by atoms with Crippen LogP contribution in [-0.2, 0) is 4.79 Å². The molecular weight excluding hydrogens is 236 g/mol. The number of hydrogen-bond acceptors (Lipinski definition) is 5. The van der Waals surface area contributed by atoms with Crippen LogP contribution in [0.1, 0.15) is 20.3 Å².